The summed E-state index contributed by atoms with van der Waals surface area (Å²) in [5.41, 5.74) is 1.34. The van der Waals surface area contributed by atoms with Gasteiger partial charge in [0, 0.05) is 17.9 Å². The molecule has 0 radical (unpaired) electrons. The van der Waals surface area contributed by atoms with Crippen molar-refractivity contribution in [2.45, 2.75) is 9.70 Å². The molecule has 25 heavy (non-hydrogen) atoms. The minimum absolute atomic E-state index is 0.703. The van der Waals surface area contributed by atoms with Crippen LogP contribution in [0.1, 0.15) is 11.1 Å². The fraction of sp³-hybridized carbons (Fsp3) is 0.200. The van der Waals surface area contributed by atoms with Crippen LogP contribution in [0.2, 0.25) is 0 Å². The molecule has 0 fully saturated rings. The Kier molecular flexibility index (Phi) is 8.98. The molecule has 0 nitrogen and oxygen atoms in total. The highest BCUT2D eigenvalue weighted by Gasteiger charge is 2.61. The van der Waals surface area contributed by atoms with E-state index >= 15 is 0 Å². The van der Waals surface area contributed by atoms with Gasteiger partial charge in [-0.15, -0.1) is 0 Å². The van der Waals surface area contributed by atoms with Crippen LogP contribution in [0.5, 0.6) is 0 Å². The minimum Gasteiger partial charge on any atom is -0.0622 e. The Balaban J connectivity index is 3.06. The molecule has 0 N–H and O–H groups in total. The third kappa shape index (κ3) is 4.63. The Morgan fingerprint density at radius 3 is 1.52 bits per heavy atom. The van der Waals surface area contributed by atoms with Crippen molar-refractivity contribution in [2.75, 3.05) is 0 Å². The second-order valence-electron chi connectivity index (χ2n) is 4.96. The van der Waals surface area contributed by atoms with Crippen LogP contribution >= 0.6 is 159 Å². The Morgan fingerprint density at radius 1 is 0.600 bits per heavy atom. The SMILES string of the molecule is Brc1cc(C(c2ccccc2)(C(Br)(Br)Br)C(Br)(Br)Br)c(Br)c(Br)c1Br. The van der Waals surface area contributed by atoms with Crippen molar-refractivity contribution in [1.29, 1.82) is 0 Å². The van der Waals surface area contributed by atoms with Crippen molar-refractivity contribution < 1.29 is 0 Å². The maximum atomic E-state index is 3.79. The predicted octanol–water partition coefficient (Wildman–Crippen LogP) is 10.7. The van der Waals surface area contributed by atoms with Crippen LogP contribution in [-0.4, -0.2) is 4.29 Å². The highest BCUT2D eigenvalue weighted by molar-refractivity contribution is 9.41. The number of benzene rings is 2. The van der Waals surface area contributed by atoms with Gasteiger partial charge in [-0.3, -0.25) is 0 Å². The molecule has 0 aliphatic rings. The number of rotatable bonds is 2. The second-order valence-corrected chi connectivity index (χ2v) is 21.7. The smallest absolute Gasteiger partial charge is 0.0622 e. The third-order valence-corrected chi connectivity index (χ3v) is 11.8. The van der Waals surface area contributed by atoms with Gasteiger partial charge in [-0.05, 0) is 80.9 Å². The van der Waals surface area contributed by atoms with E-state index in [1.807, 2.05) is 18.2 Å². The third-order valence-electron chi connectivity index (χ3n) is 3.56. The molecular formula is C15H6Br10. The molecule has 0 aromatic heterocycles. The standard InChI is InChI=1S/C15H6Br10/c16-9-6-8(10(17)12(19)11(9)18)13(14(20,21)22,15(23,24)25)7-4-2-1-3-5-7/h1-6H. The quantitative estimate of drug-likeness (QED) is 0.160. The zero-order valence-electron chi connectivity index (χ0n) is 11.7. The first-order chi connectivity index (χ1) is 11.4. The second kappa shape index (κ2) is 9.16. The summed E-state index contributed by atoms with van der Waals surface area (Å²) in [6.07, 6.45) is 0. The summed E-state index contributed by atoms with van der Waals surface area (Å²) in [5, 5.41) is 0. The molecule has 2 rings (SSSR count). The van der Waals surface area contributed by atoms with E-state index in [-0.39, 0.29) is 0 Å². The summed E-state index contributed by atoms with van der Waals surface area (Å²) in [5.74, 6) is 0. The lowest BCUT2D eigenvalue weighted by Gasteiger charge is -2.48. The normalized spacial score (nSPS) is 13.2. The van der Waals surface area contributed by atoms with E-state index in [1.165, 1.54) is 0 Å². The van der Waals surface area contributed by atoms with E-state index in [0.717, 1.165) is 29.0 Å². The molecule has 2 aromatic carbocycles. The predicted molar refractivity (Wildman–Crippen MR) is 143 cm³/mol. The average Bonchev–Trinajstić information content (AvgIpc) is 2.49. The van der Waals surface area contributed by atoms with Crippen molar-refractivity contribution in [1.82, 2.24) is 0 Å². The number of alkyl halides is 6. The highest BCUT2D eigenvalue weighted by atomic mass is 80.0. The lowest BCUT2D eigenvalue weighted by molar-refractivity contribution is 0.598. The van der Waals surface area contributed by atoms with Crippen molar-refractivity contribution >= 4 is 159 Å². The Bertz CT molecular complexity index is 760. The Hall–Kier alpha value is 3.24. The maximum absolute atomic E-state index is 3.79. The molecule has 136 valence electrons. The number of hydrogen-bond acceptors (Lipinski definition) is 0. The fourth-order valence-corrected chi connectivity index (χ4v) is 11.6. The van der Waals surface area contributed by atoms with Crippen LogP contribution < -0.4 is 0 Å². The van der Waals surface area contributed by atoms with E-state index in [4.69, 9.17) is 0 Å². The fourth-order valence-electron chi connectivity index (χ4n) is 2.48. The van der Waals surface area contributed by atoms with Crippen molar-refractivity contribution in [2.24, 2.45) is 0 Å². The first-order valence-corrected chi connectivity index (χ1v) is 14.3. The van der Waals surface area contributed by atoms with E-state index in [2.05, 4.69) is 177 Å². The Labute approximate surface area is 230 Å². The van der Waals surface area contributed by atoms with Crippen molar-refractivity contribution in [3.63, 3.8) is 0 Å². The molecule has 0 aliphatic heterocycles. The van der Waals surface area contributed by atoms with Crippen LogP contribution in [0.25, 0.3) is 0 Å². The maximum Gasteiger partial charge on any atom is 0.151 e. The molecule has 0 heterocycles. The van der Waals surface area contributed by atoms with Gasteiger partial charge in [-0.2, -0.15) is 0 Å². The summed E-state index contributed by atoms with van der Waals surface area (Å²) < 4.78 is 2.24. The summed E-state index contributed by atoms with van der Waals surface area (Å²) in [7, 11) is 0. The summed E-state index contributed by atoms with van der Waals surface area (Å²) in [6, 6.07) is 12.2. The summed E-state index contributed by atoms with van der Waals surface area (Å²) in [4.78, 5) is 0. The van der Waals surface area contributed by atoms with E-state index in [9.17, 15) is 0 Å². The van der Waals surface area contributed by atoms with E-state index < -0.39 is 9.70 Å². The van der Waals surface area contributed by atoms with Gasteiger partial charge < -0.3 is 0 Å². The lowest BCUT2D eigenvalue weighted by Crippen LogP contribution is -2.50. The van der Waals surface area contributed by atoms with Gasteiger partial charge in [0.05, 0.1) is 5.41 Å². The Morgan fingerprint density at radius 2 is 1.08 bits per heavy atom. The number of hydrogen-bond donors (Lipinski definition) is 0. The highest BCUT2D eigenvalue weighted by Crippen LogP contribution is 2.67. The largest absolute Gasteiger partial charge is 0.151 e. The first-order valence-electron chi connectivity index (χ1n) is 6.38. The molecule has 0 bridgehead atoms. The molecular weight excluding hydrogens is 979 g/mol. The van der Waals surface area contributed by atoms with Gasteiger partial charge in [0.2, 0.25) is 0 Å². The van der Waals surface area contributed by atoms with Gasteiger partial charge in [0.15, 0.2) is 4.29 Å². The molecule has 10 heteroatoms. The van der Waals surface area contributed by atoms with Gasteiger partial charge in [0.25, 0.3) is 0 Å². The summed E-state index contributed by atoms with van der Waals surface area (Å²) in [6.45, 7) is 0. The van der Waals surface area contributed by atoms with Crippen LogP contribution in [0, 0.1) is 0 Å². The molecule has 0 aliphatic carbocycles. The van der Waals surface area contributed by atoms with Gasteiger partial charge >= 0.3 is 0 Å². The summed E-state index contributed by atoms with van der Waals surface area (Å²) >= 11 is 37.4. The van der Waals surface area contributed by atoms with Crippen LogP contribution in [0.3, 0.4) is 0 Å². The molecule has 0 unspecified atom stereocenters. The molecule has 0 amide bonds. The topological polar surface area (TPSA) is 0 Å². The molecule has 0 saturated heterocycles. The zero-order chi connectivity index (χ0) is 19.2. The van der Waals surface area contributed by atoms with Crippen LogP contribution in [0.4, 0.5) is 0 Å². The molecule has 0 saturated carbocycles. The molecule has 2 aromatic rings. The van der Waals surface area contributed by atoms with Crippen molar-refractivity contribution in [3.05, 3.63) is 65.4 Å². The lowest BCUT2D eigenvalue weighted by atomic mass is 9.77. The molecule has 0 atom stereocenters. The van der Waals surface area contributed by atoms with Crippen LogP contribution in [0.15, 0.2) is 54.3 Å². The average molecular weight is 985 g/mol. The van der Waals surface area contributed by atoms with Gasteiger partial charge in [-0.1, -0.05) is 126 Å². The van der Waals surface area contributed by atoms with Crippen molar-refractivity contribution in [3.8, 4) is 0 Å². The number of halogens is 10. The monoisotopic (exact) mass is 975 g/mol. The van der Waals surface area contributed by atoms with Gasteiger partial charge in [-0.25, -0.2) is 0 Å². The zero-order valence-corrected chi connectivity index (χ0v) is 27.6. The van der Waals surface area contributed by atoms with Gasteiger partial charge in [0.1, 0.15) is 0 Å². The van der Waals surface area contributed by atoms with E-state index in [1.54, 1.807) is 0 Å². The first kappa shape index (κ1) is 24.5. The van der Waals surface area contributed by atoms with Crippen LogP contribution in [-0.2, 0) is 5.41 Å². The van der Waals surface area contributed by atoms with E-state index in [0.29, 0.717) is 0 Å². The molecule has 0 spiro atoms. The minimum atomic E-state index is -0.715.